The predicted molar refractivity (Wildman–Crippen MR) is 119 cm³/mol. The number of anilines is 2. The maximum Gasteiger partial charge on any atom is 0.226 e. The molecule has 0 aliphatic carbocycles. The molecular formula is C23H23N5O. The SMILES string of the molecule is CN/C=C(\C=N)c1cc2cccc(-c3cccc4c3N[C@H](C)CC(=O)N4)c2cn1. The molecular weight excluding hydrogens is 362 g/mol. The third-order valence-electron chi connectivity index (χ3n) is 5.03. The van der Waals surface area contributed by atoms with Crippen LogP contribution in [0, 0.1) is 5.41 Å². The lowest BCUT2D eigenvalue weighted by molar-refractivity contribution is -0.116. The van der Waals surface area contributed by atoms with Gasteiger partial charge in [-0.25, -0.2) is 0 Å². The molecule has 0 saturated heterocycles. The molecule has 29 heavy (non-hydrogen) atoms. The molecule has 1 aliphatic heterocycles. The van der Waals surface area contributed by atoms with Crippen LogP contribution in [0.3, 0.4) is 0 Å². The number of amides is 1. The van der Waals surface area contributed by atoms with Crippen molar-refractivity contribution in [3.8, 4) is 11.1 Å². The summed E-state index contributed by atoms with van der Waals surface area (Å²) in [4.78, 5) is 16.7. The van der Waals surface area contributed by atoms with Gasteiger partial charge in [0.15, 0.2) is 0 Å². The Balaban J connectivity index is 1.88. The summed E-state index contributed by atoms with van der Waals surface area (Å²) in [6.45, 7) is 2.01. The van der Waals surface area contributed by atoms with E-state index in [1.807, 2.05) is 43.5 Å². The molecule has 0 fully saturated rings. The highest BCUT2D eigenvalue weighted by molar-refractivity contribution is 6.09. The standard InChI is InChI=1S/C23H23N5O/c1-14-9-22(29)28-20-8-4-7-18(23(20)27-14)17-6-3-5-15-10-21(26-13-19(15)17)16(11-24)12-25-2/h3-8,10-14,24-25,27H,9H2,1-2H3,(H,28,29)/b16-12+,24-11?/t14-/m1/s1. The Morgan fingerprint density at radius 1 is 1.24 bits per heavy atom. The van der Waals surface area contributed by atoms with Crippen molar-refractivity contribution in [1.29, 1.82) is 5.41 Å². The Labute approximate surface area is 169 Å². The Hall–Kier alpha value is -3.67. The van der Waals surface area contributed by atoms with E-state index in [2.05, 4.69) is 33.1 Å². The summed E-state index contributed by atoms with van der Waals surface area (Å²) in [5.41, 5.74) is 5.24. The van der Waals surface area contributed by atoms with Crippen molar-refractivity contribution >= 4 is 39.8 Å². The van der Waals surface area contributed by atoms with Crippen LogP contribution in [0.25, 0.3) is 27.5 Å². The number of hydrogen-bond donors (Lipinski definition) is 4. The second-order valence-electron chi connectivity index (χ2n) is 7.15. The van der Waals surface area contributed by atoms with Gasteiger partial charge in [-0.2, -0.15) is 0 Å². The largest absolute Gasteiger partial charge is 0.393 e. The molecule has 4 rings (SSSR count). The van der Waals surface area contributed by atoms with Gasteiger partial charge >= 0.3 is 0 Å². The van der Waals surface area contributed by atoms with E-state index in [0.29, 0.717) is 12.0 Å². The van der Waals surface area contributed by atoms with E-state index in [0.717, 1.165) is 39.0 Å². The van der Waals surface area contributed by atoms with Gasteiger partial charge in [0.2, 0.25) is 5.91 Å². The van der Waals surface area contributed by atoms with E-state index in [1.165, 1.54) is 6.21 Å². The summed E-state index contributed by atoms with van der Waals surface area (Å²) in [5.74, 6) is 0.0145. The minimum atomic E-state index is 0.0145. The maximum absolute atomic E-state index is 12.1. The van der Waals surface area contributed by atoms with E-state index in [9.17, 15) is 4.79 Å². The predicted octanol–water partition coefficient (Wildman–Crippen LogP) is 4.25. The number of benzene rings is 2. The lowest BCUT2D eigenvalue weighted by Crippen LogP contribution is -2.19. The van der Waals surface area contributed by atoms with Gasteiger partial charge in [-0.05, 0) is 30.0 Å². The van der Waals surface area contributed by atoms with Crippen LogP contribution in [-0.2, 0) is 4.79 Å². The Morgan fingerprint density at radius 2 is 2.03 bits per heavy atom. The van der Waals surface area contributed by atoms with Crippen LogP contribution in [0.1, 0.15) is 19.0 Å². The van der Waals surface area contributed by atoms with Crippen molar-refractivity contribution in [2.75, 3.05) is 17.7 Å². The van der Waals surface area contributed by atoms with E-state index in [1.54, 1.807) is 13.2 Å². The van der Waals surface area contributed by atoms with Crippen LogP contribution >= 0.6 is 0 Å². The minimum Gasteiger partial charge on any atom is -0.393 e. The van der Waals surface area contributed by atoms with Crippen LogP contribution in [0.5, 0.6) is 0 Å². The number of nitrogens with one attached hydrogen (secondary N) is 4. The zero-order valence-electron chi connectivity index (χ0n) is 16.4. The number of nitrogens with zero attached hydrogens (tertiary/aromatic N) is 1. The molecule has 0 radical (unpaired) electrons. The Morgan fingerprint density at radius 3 is 2.83 bits per heavy atom. The van der Waals surface area contributed by atoms with Gasteiger partial charge in [0, 0.05) is 54.6 Å². The molecule has 2 heterocycles. The van der Waals surface area contributed by atoms with Gasteiger partial charge in [-0.3, -0.25) is 9.78 Å². The summed E-state index contributed by atoms with van der Waals surface area (Å²) in [6, 6.07) is 14.1. The van der Waals surface area contributed by atoms with Crippen molar-refractivity contribution in [2.24, 2.45) is 0 Å². The second-order valence-corrected chi connectivity index (χ2v) is 7.15. The monoisotopic (exact) mass is 385 g/mol. The maximum atomic E-state index is 12.1. The number of hydrogen-bond acceptors (Lipinski definition) is 5. The van der Waals surface area contributed by atoms with Crippen molar-refractivity contribution in [2.45, 2.75) is 19.4 Å². The molecule has 0 unspecified atom stereocenters. The van der Waals surface area contributed by atoms with Crippen LogP contribution in [-0.4, -0.2) is 30.2 Å². The smallest absolute Gasteiger partial charge is 0.226 e. The van der Waals surface area contributed by atoms with E-state index in [4.69, 9.17) is 5.41 Å². The lowest BCUT2D eigenvalue weighted by Gasteiger charge is -2.18. The van der Waals surface area contributed by atoms with Gasteiger partial charge < -0.3 is 21.4 Å². The highest BCUT2D eigenvalue weighted by Crippen LogP contribution is 2.39. The zero-order valence-corrected chi connectivity index (χ0v) is 16.4. The fraction of sp³-hybridized carbons (Fsp3) is 0.174. The van der Waals surface area contributed by atoms with Crippen molar-refractivity contribution in [3.63, 3.8) is 0 Å². The molecule has 6 nitrogen and oxygen atoms in total. The minimum absolute atomic E-state index is 0.0145. The molecule has 1 amide bonds. The fourth-order valence-corrected chi connectivity index (χ4v) is 3.72. The molecule has 6 heteroatoms. The number of pyridine rings is 1. The molecule has 3 aromatic rings. The Bertz CT molecular complexity index is 1140. The number of carbonyl (C=O) groups is 1. The Kier molecular flexibility index (Phi) is 4.99. The van der Waals surface area contributed by atoms with E-state index >= 15 is 0 Å². The van der Waals surface area contributed by atoms with Gasteiger partial charge in [0.05, 0.1) is 17.1 Å². The summed E-state index contributed by atoms with van der Waals surface area (Å²) in [5, 5.41) is 19.1. The lowest BCUT2D eigenvalue weighted by atomic mass is 9.96. The van der Waals surface area contributed by atoms with E-state index < -0.39 is 0 Å². The first-order valence-corrected chi connectivity index (χ1v) is 9.57. The van der Waals surface area contributed by atoms with Crippen molar-refractivity contribution in [3.05, 3.63) is 60.6 Å². The fourth-order valence-electron chi connectivity index (χ4n) is 3.72. The molecule has 2 aromatic carbocycles. The normalized spacial score (nSPS) is 16.4. The number of fused-ring (bicyclic) bond motifs is 2. The first kappa shape index (κ1) is 18.7. The molecule has 0 bridgehead atoms. The third kappa shape index (κ3) is 3.57. The highest BCUT2D eigenvalue weighted by atomic mass is 16.1. The van der Waals surface area contributed by atoms with Crippen molar-refractivity contribution in [1.82, 2.24) is 10.3 Å². The molecule has 4 N–H and O–H groups in total. The van der Waals surface area contributed by atoms with Crippen LogP contribution < -0.4 is 16.0 Å². The van der Waals surface area contributed by atoms with Crippen LogP contribution in [0.2, 0.25) is 0 Å². The quantitative estimate of drug-likeness (QED) is 0.505. The number of carbonyl (C=O) groups excluding carboxylic acids is 1. The topological polar surface area (TPSA) is 89.9 Å². The highest BCUT2D eigenvalue weighted by Gasteiger charge is 2.21. The first-order chi connectivity index (χ1) is 14.1. The second kappa shape index (κ2) is 7.75. The summed E-state index contributed by atoms with van der Waals surface area (Å²) in [7, 11) is 1.80. The zero-order chi connectivity index (χ0) is 20.4. The third-order valence-corrected chi connectivity index (χ3v) is 5.03. The molecule has 1 aromatic heterocycles. The van der Waals surface area contributed by atoms with Crippen molar-refractivity contribution < 1.29 is 4.79 Å². The summed E-state index contributed by atoms with van der Waals surface area (Å²) >= 11 is 0. The number of rotatable bonds is 4. The van der Waals surface area contributed by atoms with E-state index in [-0.39, 0.29) is 11.9 Å². The number of allylic oxidation sites excluding steroid dienone is 1. The molecule has 1 aliphatic rings. The van der Waals surface area contributed by atoms with Crippen LogP contribution in [0.15, 0.2) is 54.9 Å². The molecule has 146 valence electrons. The average Bonchev–Trinajstić information content (AvgIpc) is 2.87. The van der Waals surface area contributed by atoms with Gasteiger partial charge in [-0.1, -0.05) is 30.3 Å². The summed E-state index contributed by atoms with van der Waals surface area (Å²) in [6.07, 6.45) is 5.33. The number of aromatic nitrogens is 1. The molecule has 1 atom stereocenters. The van der Waals surface area contributed by atoms with Gasteiger partial charge in [0.1, 0.15) is 0 Å². The van der Waals surface area contributed by atoms with Gasteiger partial charge in [-0.15, -0.1) is 0 Å². The molecule has 0 saturated carbocycles. The van der Waals surface area contributed by atoms with Gasteiger partial charge in [0.25, 0.3) is 0 Å². The summed E-state index contributed by atoms with van der Waals surface area (Å²) < 4.78 is 0. The number of para-hydroxylation sites is 1. The molecule has 0 spiro atoms. The average molecular weight is 385 g/mol. The van der Waals surface area contributed by atoms with Crippen LogP contribution in [0.4, 0.5) is 11.4 Å². The first-order valence-electron chi connectivity index (χ1n) is 9.57.